The lowest BCUT2D eigenvalue weighted by molar-refractivity contribution is -0.327. The van der Waals surface area contributed by atoms with E-state index >= 15 is 0 Å². The van der Waals surface area contributed by atoms with Crippen molar-refractivity contribution in [2.75, 3.05) is 13.2 Å². The first-order valence-corrected chi connectivity index (χ1v) is 17.6. The van der Waals surface area contributed by atoms with Crippen LogP contribution in [0.5, 0.6) is 0 Å². The van der Waals surface area contributed by atoms with Gasteiger partial charge in [-0.05, 0) is 90.8 Å². The molecule has 47 heavy (non-hydrogen) atoms. The summed E-state index contributed by atoms with van der Waals surface area (Å²) in [6, 6.07) is 0. The van der Waals surface area contributed by atoms with Gasteiger partial charge < -0.3 is 50.3 Å². The fourth-order valence-corrected chi connectivity index (χ4v) is 12.3. The molecular formula is C36H58O11. The van der Waals surface area contributed by atoms with E-state index in [-0.39, 0.29) is 52.6 Å². The summed E-state index contributed by atoms with van der Waals surface area (Å²) >= 11 is 0. The lowest BCUT2D eigenvalue weighted by Crippen LogP contribution is -2.68. The van der Waals surface area contributed by atoms with Crippen LogP contribution in [0, 0.1) is 50.2 Å². The molecule has 6 rings (SSSR count). The Bertz CT molecular complexity index is 1270. The first kappa shape index (κ1) is 35.7. The zero-order chi connectivity index (χ0) is 34.7. The molecule has 0 amide bonds. The Morgan fingerprint density at radius 1 is 0.851 bits per heavy atom. The molecule has 8 N–H and O–H groups in total. The van der Waals surface area contributed by atoms with Crippen LogP contribution in [0.25, 0.3) is 0 Å². The van der Waals surface area contributed by atoms with Gasteiger partial charge in [-0.15, -0.1) is 0 Å². The van der Waals surface area contributed by atoms with Crippen LogP contribution in [0.1, 0.15) is 92.9 Å². The van der Waals surface area contributed by atoms with Gasteiger partial charge in [0, 0.05) is 10.8 Å². The van der Waals surface area contributed by atoms with E-state index in [2.05, 4.69) is 40.7 Å². The number of aliphatic hydroxyl groups excluding tert-OH is 7. The van der Waals surface area contributed by atoms with E-state index in [1.165, 1.54) is 5.57 Å². The van der Waals surface area contributed by atoms with Gasteiger partial charge in [0.05, 0.1) is 31.5 Å². The summed E-state index contributed by atoms with van der Waals surface area (Å²) < 4.78 is 11.8. The van der Waals surface area contributed by atoms with Crippen molar-refractivity contribution in [1.29, 1.82) is 0 Å². The highest BCUT2D eigenvalue weighted by Crippen LogP contribution is 2.75. The number of ether oxygens (including phenoxy) is 2. The molecule has 11 nitrogen and oxygen atoms in total. The molecule has 6 aliphatic rings. The Labute approximate surface area is 278 Å². The lowest BCUT2D eigenvalue weighted by Gasteiger charge is -2.72. The van der Waals surface area contributed by atoms with Gasteiger partial charge in [-0.2, -0.15) is 0 Å². The molecule has 0 radical (unpaired) electrons. The van der Waals surface area contributed by atoms with E-state index in [1.54, 1.807) is 0 Å². The molecular weight excluding hydrogens is 608 g/mol. The monoisotopic (exact) mass is 666 g/mol. The molecule has 1 heterocycles. The number of carbonyl (C=O) groups is 1. The fourth-order valence-electron chi connectivity index (χ4n) is 12.3. The second-order valence-electron chi connectivity index (χ2n) is 17.9. The largest absolute Gasteiger partial charge is 0.479 e. The first-order chi connectivity index (χ1) is 21.8. The van der Waals surface area contributed by atoms with Crippen molar-refractivity contribution in [2.45, 2.75) is 142 Å². The fraction of sp³-hybridized carbons (Fsp3) is 0.917. The average molecular weight is 667 g/mol. The van der Waals surface area contributed by atoms with Gasteiger partial charge >= 0.3 is 5.97 Å². The summed E-state index contributed by atoms with van der Waals surface area (Å²) in [4.78, 5) is 11.7. The van der Waals surface area contributed by atoms with Crippen LogP contribution >= 0.6 is 0 Å². The van der Waals surface area contributed by atoms with Gasteiger partial charge in [0.25, 0.3) is 0 Å². The van der Waals surface area contributed by atoms with Crippen molar-refractivity contribution in [3.63, 3.8) is 0 Å². The average Bonchev–Trinajstić information content (AvgIpc) is 3.00. The Morgan fingerprint density at radius 3 is 2.15 bits per heavy atom. The standard InChI is InChI=1S/C36H58O11/c1-31(2)13-19-18-7-8-21-32(3)11-10-24(46-30-27(43)25(41)26(42)28(47-30)29(44)45)33(4,16-37)20(32)9-12-34(21,5)35(18,6)14-23(40)36(19,17-38)15-22(31)39/h7,19-28,30,37-43H,8-17H2,1-6H3,(H,44,45)/t19?,20?,21?,22-,23-,24-,25-,26-,27+,28-,30+,32-,33-,34+,35+,36+/m0/s1. The smallest absolute Gasteiger partial charge is 0.335 e. The van der Waals surface area contributed by atoms with Crippen LogP contribution in [-0.2, 0) is 14.3 Å². The third-order valence-corrected chi connectivity index (χ3v) is 15.5. The molecule has 268 valence electrons. The number of rotatable bonds is 5. The minimum atomic E-state index is -1.81. The summed E-state index contributed by atoms with van der Waals surface area (Å²) in [6.45, 7) is 12.8. The summed E-state index contributed by atoms with van der Waals surface area (Å²) in [7, 11) is 0. The lowest BCUT2D eigenvalue weighted by atomic mass is 9.33. The molecule has 4 saturated carbocycles. The summed E-state index contributed by atoms with van der Waals surface area (Å²) in [5, 5.41) is 85.7. The topological polar surface area (TPSA) is 197 Å². The number of aliphatic hydroxyl groups is 7. The molecule has 16 atom stereocenters. The normalized spacial score (nSPS) is 55.5. The number of hydrogen-bond acceptors (Lipinski definition) is 10. The molecule has 5 aliphatic carbocycles. The molecule has 11 heteroatoms. The maximum absolute atomic E-state index is 11.9. The third-order valence-electron chi connectivity index (χ3n) is 15.5. The van der Waals surface area contributed by atoms with Gasteiger partial charge in [-0.1, -0.05) is 53.2 Å². The summed E-state index contributed by atoms with van der Waals surface area (Å²) in [5.74, 6) is -1.29. The Balaban J connectivity index is 1.32. The van der Waals surface area contributed by atoms with Crippen molar-refractivity contribution in [3.8, 4) is 0 Å². The number of aliphatic carboxylic acids is 1. The van der Waals surface area contributed by atoms with Gasteiger partial charge in [0.15, 0.2) is 12.4 Å². The summed E-state index contributed by atoms with van der Waals surface area (Å²) in [5.41, 5.74) is -1.33. The highest BCUT2D eigenvalue weighted by molar-refractivity contribution is 5.73. The van der Waals surface area contributed by atoms with Crippen molar-refractivity contribution >= 4 is 5.97 Å². The van der Waals surface area contributed by atoms with Crippen LogP contribution < -0.4 is 0 Å². The highest BCUT2D eigenvalue weighted by Gasteiger charge is 2.71. The number of allylic oxidation sites excluding steroid dienone is 2. The minimum Gasteiger partial charge on any atom is -0.479 e. The quantitative estimate of drug-likeness (QED) is 0.158. The predicted octanol–water partition coefficient (Wildman–Crippen LogP) is 1.97. The molecule has 0 aromatic rings. The van der Waals surface area contributed by atoms with Crippen molar-refractivity contribution in [1.82, 2.24) is 0 Å². The van der Waals surface area contributed by atoms with Crippen LogP contribution in [0.3, 0.4) is 0 Å². The van der Waals surface area contributed by atoms with E-state index in [9.17, 15) is 45.6 Å². The molecule has 0 spiro atoms. The van der Waals surface area contributed by atoms with E-state index in [1.807, 2.05) is 6.92 Å². The van der Waals surface area contributed by atoms with Crippen molar-refractivity contribution < 1.29 is 55.1 Å². The molecule has 0 aromatic heterocycles. The second kappa shape index (κ2) is 11.4. The highest BCUT2D eigenvalue weighted by atomic mass is 16.7. The summed E-state index contributed by atoms with van der Waals surface area (Å²) in [6.07, 6.45) is -2.79. The van der Waals surface area contributed by atoms with Gasteiger partial charge in [-0.25, -0.2) is 4.79 Å². The molecule has 1 aliphatic heterocycles. The van der Waals surface area contributed by atoms with Crippen molar-refractivity contribution in [2.24, 2.45) is 50.2 Å². The Morgan fingerprint density at radius 2 is 1.53 bits per heavy atom. The van der Waals surface area contributed by atoms with E-state index < -0.39 is 65.8 Å². The predicted molar refractivity (Wildman–Crippen MR) is 170 cm³/mol. The van der Waals surface area contributed by atoms with Gasteiger partial charge in [-0.3, -0.25) is 0 Å². The Hall–Kier alpha value is -1.15. The number of fused-ring (bicyclic) bond motifs is 7. The third kappa shape index (κ3) is 4.74. The first-order valence-electron chi connectivity index (χ1n) is 17.6. The zero-order valence-corrected chi connectivity index (χ0v) is 28.8. The molecule has 5 fully saturated rings. The molecule has 0 bridgehead atoms. The van der Waals surface area contributed by atoms with Crippen LogP contribution in [-0.4, -0.2) is 109 Å². The Kier molecular flexibility index (Phi) is 8.68. The minimum absolute atomic E-state index is 0.00991. The molecule has 3 unspecified atom stereocenters. The number of carboxylic acid groups (broad SMARTS) is 1. The van der Waals surface area contributed by atoms with E-state index in [0.717, 1.165) is 25.7 Å². The zero-order valence-electron chi connectivity index (χ0n) is 28.8. The van der Waals surface area contributed by atoms with Crippen LogP contribution in [0.4, 0.5) is 0 Å². The van der Waals surface area contributed by atoms with Gasteiger partial charge in [0.2, 0.25) is 0 Å². The number of carboxylic acids is 1. The maximum atomic E-state index is 11.9. The van der Waals surface area contributed by atoms with Crippen molar-refractivity contribution in [3.05, 3.63) is 11.6 Å². The second-order valence-corrected chi connectivity index (χ2v) is 17.9. The van der Waals surface area contributed by atoms with Gasteiger partial charge in [0.1, 0.15) is 18.3 Å². The molecule has 0 aromatic carbocycles. The maximum Gasteiger partial charge on any atom is 0.335 e. The van der Waals surface area contributed by atoms with E-state index in [0.29, 0.717) is 25.7 Å². The van der Waals surface area contributed by atoms with Crippen LogP contribution in [0.15, 0.2) is 11.6 Å². The van der Waals surface area contributed by atoms with E-state index in [4.69, 9.17) is 9.47 Å². The van der Waals surface area contributed by atoms with Crippen LogP contribution in [0.2, 0.25) is 0 Å². The molecule has 1 saturated heterocycles. The SMILES string of the molecule is CC1(C)CC2C3=CCC4[C@@]5(C)CC[C@H](O[C@@H]6O[C@H](C(=O)O)[C@@H](O)[C@H](O)[C@H]6O)[C@@](C)(CO)C5CC[C@@]4(C)[C@]3(C)C[C@H](O)[C@@]2(CO)C[C@@H]1O. The number of hydrogen-bond donors (Lipinski definition) is 8.